The van der Waals surface area contributed by atoms with Gasteiger partial charge in [-0.3, -0.25) is 15.1 Å². The van der Waals surface area contributed by atoms with Crippen molar-refractivity contribution in [3.8, 4) is 27.5 Å². The second kappa shape index (κ2) is 10.7. The molecule has 4 heterocycles. The second-order valence-electron chi connectivity index (χ2n) is 9.63. The average Bonchev–Trinajstić information content (AvgIpc) is 3.69. The molecule has 0 saturated heterocycles. The van der Waals surface area contributed by atoms with Crippen molar-refractivity contribution in [1.29, 1.82) is 0 Å². The lowest BCUT2D eigenvalue weighted by Gasteiger charge is -2.19. The molecular weight excluding hydrogens is 539 g/mol. The molecule has 11 nitrogen and oxygen atoms in total. The SMILES string of the molecule is [B]c1cc(C(=O)N(C)Cc2nccn2C)ccc1-n1nc(-c2cccnc2)c2c1-c1sc(NC(=O)OC)nc1CC2. The highest BCUT2D eigenvalue weighted by molar-refractivity contribution is 7.19. The number of ether oxygens (including phenoxy) is 1. The summed E-state index contributed by atoms with van der Waals surface area (Å²) in [4.78, 5) is 40.8. The van der Waals surface area contributed by atoms with Crippen LogP contribution in [-0.2, 0) is 31.2 Å². The number of anilines is 1. The van der Waals surface area contributed by atoms with Crippen molar-refractivity contribution in [2.24, 2.45) is 7.05 Å². The number of rotatable bonds is 6. The number of benzene rings is 1. The number of amides is 2. The molecule has 5 aromatic rings. The van der Waals surface area contributed by atoms with E-state index >= 15 is 0 Å². The molecule has 1 aromatic carbocycles. The molecule has 1 N–H and O–H groups in total. The van der Waals surface area contributed by atoms with Crippen molar-refractivity contribution in [3.63, 3.8) is 0 Å². The highest BCUT2D eigenvalue weighted by atomic mass is 32.1. The number of aromatic nitrogens is 6. The average molecular weight is 564 g/mol. The number of imidazole rings is 1. The molecule has 204 valence electrons. The molecule has 0 saturated carbocycles. The monoisotopic (exact) mass is 564 g/mol. The van der Waals surface area contributed by atoms with Crippen molar-refractivity contribution < 1.29 is 14.3 Å². The second-order valence-corrected chi connectivity index (χ2v) is 10.6. The standard InChI is InChI=1S/C28H25BN8O3S/c1-35-12-11-31-22(35)15-36(2)26(38)16-6-9-21(19(29)13-16)37-24-18(23(34-37)17-5-4-10-30-14-17)7-8-20-25(24)41-27(32-20)33-28(39)40-3/h4-6,9-14H,7-8,15H2,1-3H3,(H,32,33,39). The Bertz CT molecular complexity index is 1780. The maximum atomic E-state index is 13.2. The minimum Gasteiger partial charge on any atom is -0.453 e. The first-order valence-electron chi connectivity index (χ1n) is 12.8. The first-order chi connectivity index (χ1) is 19.8. The van der Waals surface area contributed by atoms with E-state index in [2.05, 4.69) is 20.3 Å². The molecule has 1 aliphatic rings. The first kappa shape index (κ1) is 26.4. The topological polar surface area (TPSA) is 120 Å². The number of fused-ring (bicyclic) bond motifs is 3. The van der Waals surface area contributed by atoms with Crippen LogP contribution in [0.1, 0.15) is 27.4 Å². The number of carbonyl (C=O) groups excluding carboxylic acids is 2. The Kier molecular flexibility index (Phi) is 6.87. The molecule has 6 rings (SSSR count). The molecule has 0 bridgehead atoms. The van der Waals surface area contributed by atoms with Crippen LogP contribution in [0.2, 0.25) is 0 Å². The summed E-state index contributed by atoms with van der Waals surface area (Å²) in [6.07, 6.45) is 7.84. The zero-order valence-corrected chi connectivity index (χ0v) is 23.5. The molecular formula is C28H25BN8O3S. The van der Waals surface area contributed by atoms with Crippen LogP contribution >= 0.6 is 11.3 Å². The number of nitrogens with zero attached hydrogens (tertiary/aromatic N) is 7. The summed E-state index contributed by atoms with van der Waals surface area (Å²) in [5, 5.41) is 8.12. The van der Waals surface area contributed by atoms with Gasteiger partial charge in [-0.1, -0.05) is 22.9 Å². The van der Waals surface area contributed by atoms with Crippen molar-refractivity contribution in [2.75, 3.05) is 19.5 Å². The number of pyridine rings is 1. The zero-order valence-electron chi connectivity index (χ0n) is 22.7. The highest BCUT2D eigenvalue weighted by Gasteiger charge is 2.30. The van der Waals surface area contributed by atoms with Crippen LogP contribution in [0, 0.1) is 0 Å². The molecule has 0 fully saturated rings. The Morgan fingerprint density at radius 1 is 1.22 bits per heavy atom. The number of nitrogens with one attached hydrogen (secondary N) is 1. The zero-order chi connectivity index (χ0) is 28.7. The molecule has 0 spiro atoms. The van der Waals surface area contributed by atoms with Gasteiger partial charge in [-0.25, -0.2) is 19.4 Å². The summed E-state index contributed by atoms with van der Waals surface area (Å²) in [7, 11) is 11.5. The van der Waals surface area contributed by atoms with Gasteiger partial charge >= 0.3 is 6.09 Å². The Hall–Kier alpha value is -4.78. The number of hydrogen-bond donors (Lipinski definition) is 1. The molecule has 2 radical (unpaired) electrons. The van der Waals surface area contributed by atoms with E-state index in [-0.39, 0.29) is 5.91 Å². The molecule has 13 heteroatoms. The Labute approximate surface area is 241 Å². The fourth-order valence-corrected chi connectivity index (χ4v) is 5.96. The van der Waals surface area contributed by atoms with Gasteiger partial charge in [0.05, 0.1) is 41.3 Å². The largest absolute Gasteiger partial charge is 0.453 e. The number of thiazole rings is 1. The third-order valence-electron chi connectivity index (χ3n) is 6.99. The maximum Gasteiger partial charge on any atom is 0.413 e. The lowest BCUT2D eigenvalue weighted by molar-refractivity contribution is 0.0780. The Balaban J connectivity index is 1.41. The quantitative estimate of drug-likeness (QED) is 0.315. The van der Waals surface area contributed by atoms with E-state index in [0.29, 0.717) is 41.2 Å². The van der Waals surface area contributed by atoms with E-state index in [4.69, 9.17) is 17.7 Å². The van der Waals surface area contributed by atoms with Gasteiger partial charge in [-0.15, -0.1) is 0 Å². The molecule has 2 amide bonds. The molecule has 0 unspecified atom stereocenters. The third-order valence-corrected chi connectivity index (χ3v) is 8.01. The predicted octanol–water partition coefficient (Wildman–Crippen LogP) is 3.13. The predicted molar refractivity (Wildman–Crippen MR) is 156 cm³/mol. The van der Waals surface area contributed by atoms with E-state index in [1.807, 2.05) is 29.9 Å². The van der Waals surface area contributed by atoms with E-state index in [1.54, 1.807) is 53.4 Å². The number of methoxy groups -OCH3 is 1. The molecule has 4 aromatic heterocycles. The van der Waals surface area contributed by atoms with E-state index in [0.717, 1.165) is 38.9 Å². The number of hydrogen-bond acceptors (Lipinski definition) is 8. The Morgan fingerprint density at radius 3 is 2.78 bits per heavy atom. The van der Waals surface area contributed by atoms with Gasteiger partial charge in [0, 0.05) is 55.6 Å². The number of aryl methyl sites for hydroxylation is 2. The van der Waals surface area contributed by atoms with Crippen molar-refractivity contribution in [1.82, 2.24) is 34.2 Å². The van der Waals surface area contributed by atoms with Crippen LogP contribution in [-0.4, -0.2) is 68.2 Å². The third kappa shape index (κ3) is 4.88. The summed E-state index contributed by atoms with van der Waals surface area (Å²) in [6, 6.07) is 9.07. The van der Waals surface area contributed by atoms with Crippen LogP contribution in [0.4, 0.5) is 9.93 Å². The summed E-state index contributed by atoms with van der Waals surface area (Å²) in [6.45, 7) is 0.362. The maximum absolute atomic E-state index is 13.2. The van der Waals surface area contributed by atoms with Crippen LogP contribution in [0.3, 0.4) is 0 Å². The fourth-order valence-electron chi connectivity index (χ4n) is 4.90. The van der Waals surface area contributed by atoms with Crippen molar-refractivity contribution in [3.05, 3.63) is 77.8 Å². The molecule has 1 aliphatic carbocycles. The summed E-state index contributed by atoms with van der Waals surface area (Å²) in [5.41, 5.74) is 5.89. The lowest BCUT2D eigenvalue weighted by Crippen LogP contribution is -2.28. The Morgan fingerprint density at radius 2 is 2.07 bits per heavy atom. The van der Waals surface area contributed by atoms with E-state index < -0.39 is 6.09 Å². The summed E-state index contributed by atoms with van der Waals surface area (Å²) < 4.78 is 8.43. The first-order valence-corrected chi connectivity index (χ1v) is 13.6. The van der Waals surface area contributed by atoms with Gasteiger partial charge < -0.3 is 14.2 Å². The molecule has 41 heavy (non-hydrogen) atoms. The highest BCUT2D eigenvalue weighted by Crippen LogP contribution is 2.43. The van der Waals surface area contributed by atoms with Crippen molar-refractivity contribution in [2.45, 2.75) is 19.4 Å². The lowest BCUT2D eigenvalue weighted by atomic mass is 9.91. The van der Waals surface area contributed by atoms with Gasteiger partial charge in [-0.2, -0.15) is 5.10 Å². The minimum absolute atomic E-state index is 0.173. The molecule has 0 aliphatic heterocycles. The van der Waals surface area contributed by atoms with Gasteiger partial charge in [0.2, 0.25) is 0 Å². The van der Waals surface area contributed by atoms with Crippen LogP contribution in [0.5, 0.6) is 0 Å². The normalized spacial score (nSPS) is 12.0. The number of carbonyl (C=O) groups is 2. The fraction of sp³-hybridized carbons (Fsp3) is 0.214. The van der Waals surface area contributed by atoms with Crippen molar-refractivity contribution >= 4 is 41.8 Å². The minimum atomic E-state index is -0.585. The van der Waals surface area contributed by atoms with Gasteiger partial charge in [0.15, 0.2) is 5.13 Å². The van der Waals surface area contributed by atoms with E-state index in [9.17, 15) is 9.59 Å². The van der Waals surface area contributed by atoms with Crippen LogP contribution < -0.4 is 10.8 Å². The summed E-state index contributed by atoms with van der Waals surface area (Å²) >= 11 is 1.35. The van der Waals surface area contributed by atoms with Gasteiger partial charge in [0.1, 0.15) is 13.7 Å². The smallest absolute Gasteiger partial charge is 0.413 e. The van der Waals surface area contributed by atoms with Gasteiger partial charge in [0.25, 0.3) is 5.91 Å². The van der Waals surface area contributed by atoms with E-state index in [1.165, 1.54) is 18.4 Å². The summed E-state index contributed by atoms with van der Waals surface area (Å²) in [5.74, 6) is 0.603. The van der Waals surface area contributed by atoms with Crippen LogP contribution in [0.15, 0.2) is 55.1 Å². The molecule has 0 atom stereocenters. The van der Waals surface area contributed by atoms with Gasteiger partial charge in [-0.05, 0) is 37.1 Å². The van der Waals surface area contributed by atoms with Crippen LogP contribution in [0.25, 0.3) is 27.5 Å².